The molecule has 1 fully saturated rings. The van der Waals surface area contributed by atoms with Gasteiger partial charge in [-0.25, -0.2) is 23.1 Å². The Balaban J connectivity index is 1.55. The van der Waals surface area contributed by atoms with Gasteiger partial charge in [0.15, 0.2) is 0 Å². The summed E-state index contributed by atoms with van der Waals surface area (Å²) >= 11 is 0. The number of halogens is 3. The predicted octanol–water partition coefficient (Wildman–Crippen LogP) is 1.72. The van der Waals surface area contributed by atoms with Gasteiger partial charge in [0.1, 0.15) is 18.0 Å². The molecule has 3 rings (SSSR count). The number of nitrogens with zero attached hydrogens (tertiary/aromatic N) is 3. The van der Waals surface area contributed by atoms with E-state index < -0.39 is 26.7 Å². The summed E-state index contributed by atoms with van der Waals surface area (Å²) < 4.78 is 70.3. The molecule has 29 heavy (non-hydrogen) atoms. The van der Waals surface area contributed by atoms with Crippen molar-refractivity contribution in [2.45, 2.75) is 11.1 Å². The van der Waals surface area contributed by atoms with Gasteiger partial charge < -0.3 is 15.0 Å². The topological polar surface area (TPSA) is 96.5 Å². The van der Waals surface area contributed by atoms with E-state index in [9.17, 15) is 21.6 Å². The van der Waals surface area contributed by atoms with Crippen LogP contribution in [-0.4, -0.2) is 57.8 Å². The van der Waals surface area contributed by atoms with Crippen LogP contribution in [0.5, 0.6) is 0 Å². The van der Waals surface area contributed by atoms with E-state index in [0.29, 0.717) is 38.2 Å². The Morgan fingerprint density at radius 2 is 1.86 bits per heavy atom. The van der Waals surface area contributed by atoms with Crippen molar-refractivity contribution in [3.63, 3.8) is 0 Å². The maximum Gasteiger partial charge on any atom is 0.416 e. The molecule has 0 amide bonds. The van der Waals surface area contributed by atoms with Crippen LogP contribution in [0.1, 0.15) is 5.56 Å². The van der Waals surface area contributed by atoms with Gasteiger partial charge in [-0.05, 0) is 18.2 Å². The minimum atomic E-state index is -4.61. The van der Waals surface area contributed by atoms with E-state index in [1.165, 1.54) is 6.33 Å². The van der Waals surface area contributed by atoms with Gasteiger partial charge in [0.2, 0.25) is 10.0 Å². The van der Waals surface area contributed by atoms with Crippen molar-refractivity contribution in [3.8, 4) is 0 Å². The summed E-state index contributed by atoms with van der Waals surface area (Å²) in [6.07, 6.45) is -3.21. The van der Waals surface area contributed by atoms with E-state index >= 15 is 0 Å². The highest BCUT2D eigenvalue weighted by Gasteiger charge is 2.31. The molecule has 1 aliphatic heterocycles. The molecule has 0 aliphatic carbocycles. The predicted molar refractivity (Wildman–Crippen MR) is 100 cm³/mol. The van der Waals surface area contributed by atoms with E-state index in [-0.39, 0.29) is 13.1 Å². The van der Waals surface area contributed by atoms with Crippen molar-refractivity contribution < 1.29 is 26.3 Å². The third-order valence-electron chi connectivity index (χ3n) is 4.18. The standard InChI is InChI=1S/C17H20F3N5O3S/c18-17(19,20)13-2-1-3-14(10-13)29(26,27)24-5-4-21-15-11-16(23-12-22-15)25-6-8-28-9-7-25/h1-3,10-12,24H,4-9H2,(H,21,22,23). The average molecular weight is 431 g/mol. The normalized spacial score (nSPS) is 15.3. The maximum absolute atomic E-state index is 12.8. The molecule has 1 aromatic carbocycles. The first kappa shape index (κ1) is 21.3. The number of benzene rings is 1. The summed E-state index contributed by atoms with van der Waals surface area (Å²) in [7, 11) is -4.07. The lowest BCUT2D eigenvalue weighted by Gasteiger charge is -2.27. The zero-order valence-corrected chi connectivity index (χ0v) is 16.1. The van der Waals surface area contributed by atoms with Gasteiger partial charge in [-0.3, -0.25) is 0 Å². The maximum atomic E-state index is 12.8. The molecule has 0 unspecified atom stereocenters. The molecule has 12 heteroatoms. The molecule has 1 saturated heterocycles. The zero-order chi connectivity index (χ0) is 20.9. The molecule has 1 aliphatic rings. The van der Waals surface area contributed by atoms with Gasteiger partial charge in [-0.15, -0.1) is 0 Å². The number of aromatic nitrogens is 2. The first-order valence-electron chi connectivity index (χ1n) is 8.81. The number of ether oxygens (including phenoxy) is 1. The monoisotopic (exact) mass is 431 g/mol. The van der Waals surface area contributed by atoms with Crippen LogP contribution in [0.4, 0.5) is 24.8 Å². The van der Waals surface area contributed by atoms with Crippen molar-refractivity contribution in [1.29, 1.82) is 0 Å². The Morgan fingerprint density at radius 1 is 1.10 bits per heavy atom. The SMILES string of the molecule is O=S(=O)(NCCNc1cc(N2CCOCC2)ncn1)c1cccc(C(F)(F)F)c1. The fourth-order valence-electron chi connectivity index (χ4n) is 2.71. The van der Waals surface area contributed by atoms with E-state index in [1.807, 2.05) is 4.90 Å². The molecule has 0 saturated carbocycles. The van der Waals surface area contributed by atoms with Gasteiger partial charge in [-0.2, -0.15) is 13.2 Å². The van der Waals surface area contributed by atoms with Gasteiger partial charge in [0, 0.05) is 32.2 Å². The van der Waals surface area contributed by atoms with Crippen LogP contribution < -0.4 is 14.9 Å². The third kappa shape index (κ3) is 5.78. The molecule has 2 heterocycles. The minimum absolute atomic E-state index is 0.0323. The summed E-state index contributed by atoms with van der Waals surface area (Å²) in [5.41, 5.74) is -1.02. The number of hydrogen-bond acceptors (Lipinski definition) is 7. The number of hydrogen-bond donors (Lipinski definition) is 2. The van der Waals surface area contributed by atoms with Crippen LogP contribution >= 0.6 is 0 Å². The van der Waals surface area contributed by atoms with Crippen molar-refractivity contribution in [2.75, 3.05) is 49.6 Å². The molecule has 0 bridgehead atoms. The summed E-state index contributed by atoms with van der Waals surface area (Å²) in [5, 5.41) is 2.97. The molecule has 2 N–H and O–H groups in total. The highest BCUT2D eigenvalue weighted by molar-refractivity contribution is 7.89. The fraction of sp³-hybridized carbons (Fsp3) is 0.412. The van der Waals surface area contributed by atoms with E-state index in [4.69, 9.17) is 4.74 Å². The van der Waals surface area contributed by atoms with Crippen LogP contribution in [0.2, 0.25) is 0 Å². The van der Waals surface area contributed by atoms with Crippen LogP contribution in [0.3, 0.4) is 0 Å². The summed E-state index contributed by atoms with van der Waals surface area (Å²) in [6, 6.07) is 5.34. The smallest absolute Gasteiger partial charge is 0.378 e. The number of alkyl halides is 3. The first-order chi connectivity index (χ1) is 13.8. The largest absolute Gasteiger partial charge is 0.416 e. The Bertz CT molecular complexity index is 934. The first-order valence-corrected chi connectivity index (χ1v) is 10.3. The van der Waals surface area contributed by atoms with Crippen LogP contribution in [0.15, 0.2) is 41.6 Å². The summed E-state index contributed by atoms with van der Waals surface area (Å²) in [5.74, 6) is 1.25. The second-order valence-corrected chi connectivity index (χ2v) is 7.98. The second kappa shape index (κ2) is 8.93. The number of sulfonamides is 1. The van der Waals surface area contributed by atoms with Crippen LogP contribution in [0.25, 0.3) is 0 Å². The number of morpholine rings is 1. The molecule has 0 spiro atoms. The Labute approximate surface area is 166 Å². The fourth-order valence-corrected chi connectivity index (χ4v) is 3.79. The number of anilines is 2. The molecule has 158 valence electrons. The van der Waals surface area contributed by atoms with Crippen LogP contribution in [-0.2, 0) is 20.9 Å². The van der Waals surface area contributed by atoms with Crippen LogP contribution in [0, 0.1) is 0 Å². The van der Waals surface area contributed by atoms with Crippen molar-refractivity contribution in [1.82, 2.24) is 14.7 Å². The van der Waals surface area contributed by atoms with Crippen molar-refractivity contribution in [3.05, 3.63) is 42.2 Å². The molecule has 1 aromatic heterocycles. The lowest BCUT2D eigenvalue weighted by Crippen LogP contribution is -2.36. The lowest BCUT2D eigenvalue weighted by molar-refractivity contribution is -0.137. The van der Waals surface area contributed by atoms with E-state index in [1.54, 1.807) is 6.07 Å². The summed E-state index contributed by atoms with van der Waals surface area (Å²) in [4.78, 5) is 9.90. The average Bonchev–Trinajstić information content (AvgIpc) is 2.72. The quantitative estimate of drug-likeness (QED) is 0.645. The molecule has 8 nitrogen and oxygen atoms in total. The molecule has 0 atom stereocenters. The number of rotatable bonds is 7. The van der Waals surface area contributed by atoms with Crippen molar-refractivity contribution >= 4 is 21.7 Å². The molecule has 2 aromatic rings. The minimum Gasteiger partial charge on any atom is -0.378 e. The van der Waals surface area contributed by atoms with Gasteiger partial charge in [0.05, 0.1) is 23.7 Å². The third-order valence-corrected chi connectivity index (χ3v) is 5.64. The second-order valence-electron chi connectivity index (χ2n) is 6.21. The van der Waals surface area contributed by atoms with E-state index in [0.717, 1.165) is 24.0 Å². The summed E-state index contributed by atoms with van der Waals surface area (Å²) in [6.45, 7) is 2.82. The Morgan fingerprint density at radius 3 is 2.59 bits per heavy atom. The van der Waals surface area contributed by atoms with E-state index in [2.05, 4.69) is 20.0 Å². The highest BCUT2D eigenvalue weighted by Crippen LogP contribution is 2.30. The lowest BCUT2D eigenvalue weighted by atomic mass is 10.2. The molecular weight excluding hydrogens is 411 g/mol. The number of nitrogens with one attached hydrogen (secondary N) is 2. The Kier molecular flexibility index (Phi) is 6.55. The Hall–Kier alpha value is -2.44. The zero-order valence-electron chi connectivity index (χ0n) is 15.3. The molecule has 0 radical (unpaired) electrons. The van der Waals surface area contributed by atoms with Crippen molar-refractivity contribution in [2.24, 2.45) is 0 Å². The van der Waals surface area contributed by atoms with Gasteiger partial charge in [0.25, 0.3) is 0 Å². The highest BCUT2D eigenvalue weighted by atomic mass is 32.2. The van der Waals surface area contributed by atoms with Gasteiger partial charge in [-0.1, -0.05) is 6.07 Å². The molecular formula is C17H20F3N5O3S. The van der Waals surface area contributed by atoms with Gasteiger partial charge >= 0.3 is 6.18 Å².